The van der Waals surface area contributed by atoms with Crippen LogP contribution in [0.3, 0.4) is 0 Å². The molecule has 0 saturated heterocycles. The van der Waals surface area contributed by atoms with Gasteiger partial charge in [0.15, 0.2) is 0 Å². The largest absolute Gasteiger partial charge is 0.508 e. The molecule has 34 heavy (non-hydrogen) atoms. The summed E-state index contributed by atoms with van der Waals surface area (Å²) in [5.41, 5.74) is 12.4. The van der Waals surface area contributed by atoms with Gasteiger partial charge in [0.2, 0.25) is 0 Å². The van der Waals surface area contributed by atoms with E-state index < -0.39 is 0 Å². The molecule has 3 rings (SSSR count). The standard InChI is InChI=1S/C32H42O2/c1-19-20(2)26(16-24-12-14-30(34)28(18-24)32(8,9)10)22(4)21(3)25(19)15-23-11-13-29(33)27(17-23)31(5,6)7/h11-14,17-18,33-34H,15-16H2,1-10H3. The topological polar surface area (TPSA) is 40.5 Å². The summed E-state index contributed by atoms with van der Waals surface area (Å²) in [6, 6.07) is 12.1. The molecule has 0 unspecified atom stereocenters. The smallest absolute Gasteiger partial charge is 0.119 e. The van der Waals surface area contributed by atoms with Gasteiger partial charge in [0.25, 0.3) is 0 Å². The van der Waals surface area contributed by atoms with Gasteiger partial charge in [-0.25, -0.2) is 0 Å². The molecule has 2 N–H and O–H groups in total. The molecule has 0 bridgehead atoms. The summed E-state index contributed by atoms with van der Waals surface area (Å²) in [5, 5.41) is 20.8. The molecular formula is C32H42O2. The second kappa shape index (κ2) is 9.13. The second-order valence-corrected chi connectivity index (χ2v) is 12.0. The molecule has 0 fully saturated rings. The number of rotatable bonds is 4. The predicted octanol–water partition coefficient (Wildman–Crippen LogP) is 8.11. The van der Waals surface area contributed by atoms with Crippen LogP contribution in [0, 0.1) is 27.7 Å². The van der Waals surface area contributed by atoms with Crippen molar-refractivity contribution in [3.05, 3.63) is 92.0 Å². The van der Waals surface area contributed by atoms with Gasteiger partial charge >= 0.3 is 0 Å². The molecule has 0 aliphatic heterocycles. The van der Waals surface area contributed by atoms with Crippen LogP contribution in [0.25, 0.3) is 0 Å². The van der Waals surface area contributed by atoms with E-state index in [2.05, 4.69) is 81.4 Å². The summed E-state index contributed by atoms with van der Waals surface area (Å²) >= 11 is 0. The fourth-order valence-corrected chi connectivity index (χ4v) is 4.99. The van der Waals surface area contributed by atoms with E-state index in [1.54, 1.807) is 0 Å². The van der Waals surface area contributed by atoms with Gasteiger partial charge in [-0.2, -0.15) is 0 Å². The summed E-state index contributed by atoms with van der Waals surface area (Å²) in [4.78, 5) is 0. The fourth-order valence-electron chi connectivity index (χ4n) is 4.99. The summed E-state index contributed by atoms with van der Waals surface area (Å²) in [6.07, 6.45) is 1.72. The van der Waals surface area contributed by atoms with Gasteiger partial charge in [-0.15, -0.1) is 0 Å². The van der Waals surface area contributed by atoms with Crippen LogP contribution in [-0.2, 0) is 23.7 Å². The van der Waals surface area contributed by atoms with Crippen LogP contribution < -0.4 is 0 Å². The van der Waals surface area contributed by atoms with E-state index in [1.165, 1.54) is 44.5 Å². The third-order valence-corrected chi connectivity index (χ3v) is 7.44. The van der Waals surface area contributed by atoms with Gasteiger partial charge < -0.3 is 10.2 Å². The monoisotopic (exact) mass is 458 g/mol. The molecule has 182 valence electrons. The Morgan fingerprint density at radius 3 is 1.09 bits per heavy atom. The van der Waals surface area contributed by atoms with E-state index in [4.69, 9.17) is 0 Å². The third kappa shape index (κ3) is 5.17. The quantitative estimate of drug-likeness (QED) is 0.414. The van der Waals surface area contributed by atoms with Crippen molar-refractivity contribution in [3.8, 4) is 11.5 Å². The molecule has 0 aliphatic carbocycles. The van der Waals surface area contributed by atoms with Crippen molar-refractivity contribution in [1.29, 1.82) is 0 Å². The van der Waals surface area contributed by atoms with Crippen molar-refractivity contribution in [1.82, 2.24) is 0 Å². The number of phenols is 2. The molecule has 0 amide bonds. The molecular weight excluding hydrogens is 416 g/mol. The van der Waals surface area contributed by atoms with Crippen LogP contribution in [0.1, 0.15) is 97.2 Å². The Balaban J connectivity index is 2.02. The Morgan fingerprint density at radius 1 is 0.529 bits per heavy atom. The lowest BCUT2D eigenvalue weighted by atomic mass is 9.81. The normalized spacial score (nSPS) is 12.3. The lowest BCUT2D eigenvalue weighted by molar-refractivity contribution is 0.445. The molecule has 0 radical (unpaired) electrons. The van der Waals surface area contributed by atoms with Gasteiger partial charge in [0.1, 0.15) is 11.5 Å². The second-order valence-electron chi connectivity index (χ2n) is 12.0. The zero-order valence-corrected chi connectivity index (χ0v) is 22.8. The lowest BCUT2D eigenvalue weighted by Crippen LogP contribution is -2.13. The Kier molecular flexibility index (Phi) is 6.95. The van der Waals surface area contributed by atoms with Gasteiger partial charge in [-0.1, -0.05) is 65.8 Å². The SMILES string of the molecule is Cc1c(C)c(Cc2ccc(O)c(C(C)(C)C)c2)c(C)c(C)c1Cc1ccc(O)c(C(C)(C)C)c1. The molecule has 0 aromatic heterocycles. The number of benzene rings is 3. The molecule has 0 saturated carbocycles. The minimum atomic E-state index is -0.101. The van der Waals surface area contributed by atoms with E-state index in [-0.39, 0.29) is 10.8 Å². The summed E-state index contributed by atoms with van der Waals surface area (Å²) in [6.45, 7) is 21.8. The first-order valence-corrected chi connectivity index (χ1v) is 12.3. The highest BCUT2D eigenvalue weighted by molar-refractivity contribution is 5.54. The van der Waals surface area contributed by atoms with Crippen LogP contribution >= 0.6 is 0 Å². The predicted molar refractivity (Wildman–Crippen MR) is 145 cm³/mol. The van der Waals surface area contributed by atoms with Gasteiger partial charge in [0.05, 0.1) is 0 Å². The molecule has 2 heteroatoms. The van der Waals surface area contributed by atoms with Crippen LogP contribution in [0.4, 0.5) is 0 Å². The Bertz CT molecular complexity index is 1090. The van der Waals surface area contributed by atoms with Crippen LogP contribution in [-0.4, -0.2) is 10.2 Å². The highest BCUT2D eigenvalue weighted by Gasteiger charge is 2.21. The van der Waals surface area contributed by atoms with Crippen molar-refractivity contribution in [2.24, 2.45) is 0 Å². The maximum atomic E-state index is 10.4. The Morgan fingerprint density at radius 2 is 0.824 bits per heavy atom. The highest BCUT2D eigenvalue weighted by Crippen LogP contribution is 2.36. The van der Waals surface area contributed by atoms with Crippen molar-refractivity contribution >= 4 is 0 Å². The molecule has 3 aromatic carbocycles. The van der Waals surface area contributed by atoms with E-state index in [0.717, 1.165) is 24.0 Å². The van der Waals surface area contributed by atoms with Crippen molar-refractivity contribution in [2.45, 2.75) is 92.9 Å². The highest BCUT2D eigenvalue weighted by atomic mass is 16.3. The van der Waals surface area contributed by atoms with Crippen LogP contribution in [0.15, 0.2) is 36.4 Å². The third-order valence-electron chi connectivity index (χ3n) is 7.44. The van der Waals surface area contributed by atoms with Gasteiger partial charge in [-0.3, -0.25) is 0 Å². The fraction of sp³-hybridized carbons (Fsp3) is 0.438. The zero-order valence-electron chi connectivity index (χ0n) is 22.8. The van der Waals surface area contributed by atoms with E-state index >= 15 is 0 Å². The average molecular weight is 459 g/mol. The first-order valence-electron chi connectivity index (χ1n) is 12.3. The van der Waals surface area contributed by atoms with Gasteiger partial charge in [0, 0.05) is 0 Å². The van der Waals surface area contributed by atoms with Gasteiger partial charge in [-0.05, 0) is 119 Å². The average Bonchev–Trinajstić information content (AvgIpc) is 2.73. The molecule has 0 heterocycles. The number of hydrogen-bond donors (Lipinski definition) is 2. The summed E-state index contributed by atoms with van der Waals surface area (Å²) in [5.74, 6) is 0.742. The van der Waals surface area contributed by atoms with E-state index in [9.17, 15) is 10.2 Å². The molecule has 3 aromatic rings. The first kappa shape index (κ1) is 25.9. The molecule has 0 spiro atoms. The molecule has 2 nitrogen and oxygen atoms in total. The first-order chi connectivity index (χ1) is 15.6. The minimum absolute atomic E-state index is 0.101. The number of hydrogen-bond acceptors (Lipinski definition) is 2. The van der Waals surface area contributed by atoms with Crippen LogP contribution in [0.2, 0.25) is 0 Å². The summed E-state index contributed by atoms with van der Waals surface area (Å²) in [7, 11) is 0. The zero-order chi connectivity index (χ0) is 25.6. The van der Waals surface area contributed by atoms with Crippen molar-refractivity contribution < 1.29 is 10.2 Å². The Hall–Kier alpha value is -2.74. The lowest BCUT2D eigenvalue weighted by Gasteiger charge is -2.24. The number of phenolic OH excluding ortho intramolecular Hbond substituents is 2. The van der Waals surface area contributed by atoms with Crippen molar-refractivity contribution in [3.63, 3.8) is 0 Å². The maximum absolute atomic E-state index is 10.4. The van der Waals surface area contributed by atoms with Crippen LogP contribution in [0.5, 0.6) is 11.5 Å². The Labute approximate surface area is 206 Å². The minimum Gasteiger partial charge on any atom is -0.508 e. The molecule has 0 aliphatic rings. The maximum Gasteiger partial charge on any atom is 0.119 e. The van der Waals surface area contributed by atoms with Crippen molar-refractivity contribution in [2.75, 3.05) is 0 Å². The van der Waals surface area contributed by atoms with E-state index in [1.807, 2.05) is 24.3 Å². The summed E-state index contributed by atoms with van der Waals surface area (Å²) < 4.78 is 0. The van der Waals surface area contributed by atoms with E-state index in [0.29, 0.717) is 11.5 Å². The molecule has 0 atom stereocenters. The number of aromatic hydroxyl groups is 2.